The lowest BCUT2D eigenvalue weighted by Gasteiger charge is -2.07. The molecule has 0 radical (unpaired) electrons. The van der Waals surface area contributed by atoms with E-state index in [1.54, 1.807) is 36.7 Å². The first kappa shape index (κ1) is 10.8. The predicted molar refractivity (Wildman–Crippen MR) is 60.2 cm³/mol. The van der Waals surface area contributed by atoms with Crippen LogP contribution in [0.15, 0.2) is 30.6 Å². The van der Waals surface area contributed by atoms with Crippen LogP contribution in [0.3, 0.4) is 0 Å². The third kappa shape index (κ3) is 1.72. The van der Waals surface area contributed by atoms with Gasteiger partial charge in [-0.3, -0.25) is 4.79 Å². The molecule has 0 amide bonds. The van der Waals surface area contributed by atoms with Gasteiger partial charge in [0.2, 0.25) is 0 Å². The second kappa shape index (κ2) is 4.06. The van der Waals surface area contributed by atoms with Gasteiger partial charge in [-0.05, 0) is 32.2 Å². The number of pyridine rings is 1. The van der Waals surface area contributed by atoms with Crippen molar-refractivity contribution in [1.82, 2.24) is 9.72 Å². The minimum absolute atomic E-state index is 0.0107. The third-order valence-electron chi connectivity index (χ3n) is 2.71. The molecule has 3 nitrogen and oxygen atoms in total. The largest absolute Gasteiger partial charge is 0.320 e. The van der Waals surface area contributed by atoms with Crippen molar-refractivity contribution in [3.05, 3.63) is 42.0 Å². The normalized spacial score (nSPS) is 12.9. The number of Topliss-reactive ketones (excluding diaryl/α,β-unsaturated/α-hetero) is 1. The Morgan fingerprint density at radius 2 is 2.19 bits per heavy atom. The number of nitrogens with zero attached hydrogens (tertiary/aromatic N) is 1. The maximum absolute atomic E-state index is 13.0. The number of likely N-dealkylation sites (N-methyl/N-ethyl adjacent to an activating group) is 1. The maximum Gasteiger partial charge on any atom is 0.181 e. The molecule has 2 heterocycles. The molecule has 0 bridgehead atoms. The molecule has 0 aliphatic carbocycles. The summed E-state index contributed by atoms with van der Waals surface area (Å²) in [6.45, 7) is 1.80. The van der Waals surface area contributed by atoms with Gasteiger partial charge in [0.05, 0.1) is 11.6 Å². The molecule has 0 aliphatic heterocycles. The number of halogens is 1. The predicted octanol–water partition coefficient (Wildman–Crippen LogP) is 1.87. The van der Waals surface area contributed by atoms with Crippen LogP contribution in [0.2, 0.25) is 0 Å². The highest BCUT2D eigenvalue weighted by atomic mass is 19.1. The van der Waals surface area contributed by atoms with Crippen LogP contribution in [-0.2, 0) is 0 Å². The van der Waals surface area contributed by atoms with Crippen LogP contribution < -0.4 is 5.32 Å². The van der Waals surface area contributed by atoms with E-state index in [9.17, 15) is 9.18 Å². The standard InChI is InChI=1S/C12H13FN2O/c1-8(14-2)12(16)10-5-6-15-7-9(13)3-4-11(10)15/h3-8,14H,1-2H3. The Labute approximate surface area is 92.9 Å². The molecule has 1 atom stereocenters. The lowest BCUT2D eigenvalue weighted by atomic mass is 10.1. The van der Waals surface area contributed by atoms with E-state index in [-0.39, 0.29) is 17.6 Å². The van der Waals surface area contributed by atoms with Crippen LogP contribution in [0.4, 0.5) is 4.39 Å². The molecule has 2 rings (SSSR count). The topological polar surface area (TPSA) is 33.5 Å². The Hall–Kier alpha value is -1.68. The average Bonchev–Trinajstić information content (AvgIpc) is 2.69. The molecular formula is C12H13FN2O. The monoisotopic (exact) mass is 220 g/mol. The summed E-state index contributed by atoms with van der Waals surface area (Å²) in [5.74, 6) is -0.305. The first-order chi connectivity index (χ1) is 7.63. The Kier molecular flexibility index (Phi) is 2.75. The molecule has 16 heavy (non-hydrogen) atoms. The Balaban J connectivity index is 2.50. The molecule has 1 N–H and O–H groups in total. The van der Waals surface area contributed by atoms with Crippen molar-refractivity contribution in [1.29, 1.82) is 0 Å². The van der Waals surface area contributed by atoms with Gasteiger partial charge in [-0.2, -0.15) is 0 Å². The zero-order valence-electron chi connectivity index (χ0n) is 9.20. The summed E-state index contributed by atoms with van der Waals surface area (Å²) in [7, 11) is 1.74. The number of ketones is 1. The molecule has 0 aliphatic rings. The second-order valence-corrected chi connectivity index (χ2v) is 3.74. The Bertz CT molecular complexity index is 533. The Morgan fingerprint density at radius 1 is 1.44 bits per heavy atom. The number of carbonyl (C=O) groups excluding carboxylic acids is 1. The van der Waals surface area contributed by atoms with Crippen molar-refractivity contribution in [2.45, 2.75) is 13.0 Å². The smallest absolute Gasteiger partial charge is 0.181 e. The quantitative estimate of drug-likeness (QED) is 0.801. The van der Waals surface area contributed by atoms with Gasteiger partial charge >= 0.3 is 0 Å². The fraction of sp³-hybridized carbons (Fsp3) is 0.250. The Morgan fingerprint density at radius 3 is 2.88 bits per heavy atom. The molecule has 0 spiro atoms. The van der Waals surface area contributed by atoms with E-state index >= 15 is 0 Å². The first-order valence-corrected chi connectivity index (χ1v) is 5.11. The van der Waals surface area contributed by atoms with Gasteiger partial charge in [0.25, 0.3) is 0 Å². The SMILES string of the molecule is CNC(C)C(=O)c1ccn2cc(F)ccc12. The van der Waals surface area contributed by atoms with E-state index in [0.29, 0.717) is 5.56 Å². The van der Waals surface area contributed by atoms with Gasteiger partial charge < -0.3 is 9.72 Å². The van der Waals surface area contributed by atoms with Gasteiger partial charge in [-0.15, -0.1) is 0 Å². The van der Waals surface area contributed by atoms with Crippen LogP contribution in [-0.4, -0.2) is 23.3 Å². The summed E-state index contributed by atoms with van der Waals surface area (Å²) in [4.78, 5) is 12.0. The molecule has 0 saturated carbocycles. The van der Waals surface area contributed by atoms with Gasteiger partial charge in [-0.1, -0.05) is 0 Å². The number of carbonyl (C=O) groups is 1. The molecule has 2 aromatic rings. The van der Waals surface area contributed by atoms with E-state index in [4.69, 9.17) is 0 Å². The maximum atomic E-state index is 13.0. The van der Waals surface area contributed by atoms with Crippen LogP contribution in [0.5, 0.6) is 0 Å². The van der Waals surface area contributed by atoms with E-state index in [2.05, 4.69) is 5.32 Å². The van der Waals surface area contributed by atoms with Crippen molar-refractivity contribution in [2.24, 2.45) is 0 Å². The number of rotatable bonds is 3. The molecule has 4 heteroatoms. The number of nitrogens with one attached hydrogen (secondary N) is 1. The van der Waals surface area contributed by atoms with Gasteiger partial charge in [0.15, 0.2) is 5.78 Å². The summed E-state index contributed by atoms with van der Waals surface area (Å²) in [6, 6.07) is 4.45. The van der Waals surface area contributed by atoms with E-state index in [1.165, 1.54) is 12.3 Å². The minimum atomic E-state index is -0.316. The molecular weight excluding hydrogens is 207 g/mol. The van der Waals surface area contributed by atoms with E-state index < -0.39 is 0 Å². The minimum Gasteiger partial charge on any atom is -0.320 e. The van der Waals surface area contributed by atoms with Crippen molar-refractivity contribution < 1.29 is 9.18 Å². The number of hydrogen-bond donors (Lipinski definition) is 1. The first-order valence-electron chi connectivity index (χ1n) is 5.11. The summed E-state index contributed by atoms with van der Waals surface area (Å²) in [5.41, 5.74) is 1.34. The fourth-order valence-electron chi connectivity index (χ4n) is 1.66. The van der Waals surface area contributed by atoms with Gasteiger partial charge in [0, 0.05) is 18.0 Å². The van der Waals surface area contributed by atoms with Crippen molar-refractivity contribution in [3.8, 4) is 0 Å². The van der Waals surface area contributed by atoms with Crippen LogP contribution in [0.1, 0.15) is 17.3 Å². The van der Waals surface area contributed by atoms with Crippen molar-refractivity contribution in [2.75, 3.05) is 7.05 Å². The van der Waals surface area contributed by atoms with E-state index in [1.807, 2.05) is 0 Å². The summed E-state index contributed by atoms with van der Waals surface area (Å²) < 4.78 is 14.6. The van der Waals surface area contributed by atoms with Crippen molar-refractivity contribution >= 4 is 11.3 Å². The second-order valence-electron chi connectivity index (χ2n) is 3.74. The van der Waals surface area contributed by atoms with Gasteiger partial charge in [-0.25, -0.2) is 4.39 Å². The average molecular weight is 220 g/mol. The molecule has 2 aromatic heterocycles. The zero-order chi connectivity index (χ0) is 11.7. The van der Waals surface area contributed by atoms with Crippen LogP contribution >= 0.6 is 0 Å². The molecule has 0 fully saturated rings. The summed E-state index contributed by atoms with van der Waals surface area (Å²) in [5, 5.41) is 2.90. The number of aromatic nitrogens is 1. The van der Waals surface area contributed by atoms with E-state index in [0.717, 1.165) is 5.52 Å². The highest BCUT2D eigenvalue weighted by Crippen LogP contribution is 2.15. The number of fused-ring (bicyclic) bond motifs is 1. The fourth-order valence-corrected chi connectivity index (χ4v) is 1.66. The lowest BCUT2D eigenvalue weighted by molar-refractivity contribution is 0.0957. The van der Waals surface area contributed by atoms with Crippen molar-refractivity contribution in [3.63, 3.8) is 0 Å². The highest BCUT2D eigenvalue weighted by molar-refractivity contribution is 6.05. The molecule has 0 aromatic carbocycles. The molecule has 84 valence electrons. The van der Waals surface area contributed by atoms with Gasteiger partial charge in [0.1, 0.15) is 5.82 Å². The van der Waals surface area contributed by atoms with Crippen LogP contribution in [0, 0.1) is 5.82 Å². The lowest BCUT2D eigenvalue weighted by Crippen LogP contribution is -2.30. The number of hydrogen-bond acceptors (Lipinski definition) is 2. The molecule has 0 saturated heterocycles. The molecule has 1 unspecified atom stereocenters. The summed E-state index contributed by atoms with van der Waals surface area (Å²) >= 11 is 0. The summed E-state index contributed by atoms with van der Waals surface area (Å²) in [6.07, 6.45) is 3.05. The third-order valence-corrected chi connectivity index (χ3v) is 2.71. The van der Waals surface area contributed by atoms with Crippen LogP contribution in [0.25, 0.3) is 5.52 Å². The highest BCUT2D eigenvalue weighted by Gasteiger charge is 2.16. The zero-order valence-corrected chi connectivity index (χ0v) is 9.20.